The number of aryl methyl sites for hydroxylation is 1. The molecule has 0 radical (unpaired) electrons. The third kappa shape index (κ3) is 4.26. The smallest absolute Gasteiger partial charge is 0.273 e. The average Bonchev–Trinajstić information content (AvgIpc) is 3.34. The van der Waals surface area contributed by atoms with Crippen LogP contribution in [0.15, 0.2) is 54.0 Å². The second kappa shape index (κ2) is 8.02. The second-order valence-corrected chi connectivity index (χ2v) is 8.33. The van der Waals surface area contributed by atoms with Crippen molar-refractivity contribution in [3.8, 4) is 5.19 Å². The summed E-state index contributed by atoms with van der Waals surface area (Å²) in [5.41, 5.74) is 0.734. The lowest BCUT2D eigenvalue weighted by molar-refractivity contribution is 0.0181. The molecule has 0 aliphatic carbocycles. The van der Waals surface area contributed by atoms with Crippen LogP contribution >= 0.6 is 22.7 Å². The van der Waals surface area contributed by atoms with Crippen molar-refractivity contribution in [1.29, 1.82) is 0 Å². The lowest BCUT2D eigenvalue weighted by atomic mass is 10.1. The minimum atomic E-state index is 0.0167. The number of carbonyl (C=O) groups is 2. The number of thiazole rings is 1. The molecular formula is C20H18N2O3S2. The van der Waals surface area contributed by atoms with Crippen molar-refractivity contribution in [3.63, 3.8) is 0 Å². The van der Waals surface area contributed by atoms with E-state index < -0.39 is 0 Å². The number of rotatable bonds is 7. The predicted molar refractivity (Wildman–Crippen MR) is 106 cm³/mol. The van der Waals surface area contributed by atoms with E-state index in [1.54, 1.807) is 11.1 Å². The first-order valence-electron chi connectivity index (χ1n) is 8.71. The third-order valence-electron chi connectivity index (χ3n) is 4.38. The van der Waals surface area contributed by atoms with Crippen molar-refractivity contribution in [2.45, 2.75) is 18.9 Å². The Balaban J connectivity index is 1.27. The molecule has 1 aliphatic heterocycles. The Labute approximate surface area is 165 Å². The summed E-state index contributed by atoms with van der Waals surface area (Å²) in [6.45, 7) is 1.16. The van der Waals surface area contributed by atoms with Crippen LogP contribution in [-0.4, -0.2) is 40.8 Å². The van der Waals surface area contributed by atoms with Crippen molar-refractivity contribution >= 4 is 34.4 Å². The van der Waals surface area contributed by atoms with E-state index in [4.69, 9.17) is 4.74 Å². The van der Waals surface area contributed by atoms with E-state index in [1.807, 2.05) is 47.8 Å². The lowest BCUT2D eigenvalue weighted by Crippen LogP contribution is -2.56. The second-order valence-electron chi connectivity index (χ2n) is 6.30. The molecule has 0 atom stereocenters. The summed E-state index contributed by atoms with van der Waals surface area (Å²) in [6.07, 6.45) is 2.83. The molecule has 1 amide bonds. The van der Waals surface area contributed by atoms with E-state index in [1.165, 1.54) is 22.7 Å². The van der Waals surface area contributed by atoms with Crippen LogP contribution in [0.3, 0.4) is 0 Å². The van der Waals surface area contributed by atoms with Gasteiger partial charge in [-0.2, -0.15) is 0 Å². The molecule has 1 saturated heterocycles. The summed E-state index contributed by atoms with van der Waals surface area (Å²) < 4.78 is 5.70. The Morgan fingerprint density at radius 1 is 1.15 bits per heavy atom. The SMILES string of the molecule is O=C(CCc1ccc(C(=O)N2CC(Oc3nccs3)C2)s1)c1ccccc1. The van der Waals surface area contributed by atoms with Gasteiger partial charge in [0, 0.05) is 28.4 Å². The summed E-state index contributed by atoms with van der Waals surface area (Å²) in [4.78, 5) is 32.4. The van der Waals surface area contributed by atoms with Crippen LogP contribution in [0.25, 0.3) is 0 Å². The number of aromatic nitrogens is 1. The fraction of sp³-hybridized carbons (Fsp3) is 0.250. The van der Waals surface area contributed by atoms with Gasteiger partial charge in [-0.15, -0.1) is 11.3 Å². The molecule has 138 valence electrons. The number of hydrogen-bond donors (Lipinski definition) is 0. The van der Waals surface area contributed by atoms with E-state index in [0.717, 1.165) is 10.4 Å². The van der Waals surface area contributed by atoms with Gasteiger partial charge in [0.1, 0.15) is 6.10 Å². The van der Waals surface area contributed by atoms with E-state index in [-0.39, 0.29) is 17.8 Å². The standard InChI is InChI=1S/C20H18N2O3S2/c23-17(14-4-2-1-3-5-14)8-6-16-7-9-18(27-16)19(24)22-12-15(13-22)25-20-21-10-11-26-20/h1-5,7,9-11,15H,6,8,12-13H2. The highest BCUT2D eigenvalue weighted by molar-refractivity contribution is 7.14. The molecule has 3 aromatic rings. The molecule has 5 nitrogen and oxygen atoms in total. The van der Waals surface area contributed by atoms with Crippen molar-refractivity contribution < 1.29 is 14.3 Å². The van der Waals surface area contributed by atoms with Crippen molar-refractivity contribution in [2.24, 2.45) is 0 Å². The molecule has 0 N–H and O–H groups in total. The van der Waals surface area contributed by atoms with Crippen molar-refractivity contribution in [1.82, 2.24) is 9.88 Å². The van der Waals surface area contributed by atoms with Crippen molar-refractivity contribution in [3.05, 3.63) is 69.4 Å². The van der Waals surface area contributed by atoms with E-state index in [2.05, 4.69) is 4.98 Å². The Bertz CT molecular complexity index is 916. The number of hydrogen-bond acceptors (Lipinski definition) is 6. The summed E-state index contributed by atoms with van der Waals surface area (Å²) in [7, 11) is 0. The maximum absolute atomic E-state index is 12.5. The topological polar surface area (TPSA) is 59.5 Å². The molecule has 3 heterocycles. The number of thiophene rings is 1. The molecule has 0 bridgehead atoms. The highest BCUT2D eigenvalue weighted by Crippen LogP contribution is 2.25. The van der Waals surface area contributed by atoms with Gasteiger partial charge >= 0.3 is 0 Å². The van der Waals surface area contributed by atoms with Gasteiger partial charge in [-0.05, 0) is 18.6 Å². The van der Waals surface area contributed by atoms with Crippen LogP contribution in [-0.2, 0) is 6.42 Å². The number of nitrogens with zero attached hydrogens (tertiary/aromatic N) is 2. The Morgan fingerprint density at radius 3 is 2.70 bits per heavy atom. The van der Waals surface area contributed by atoms with Gasteiger partial charge in [-0.1, -0.05) is 41.7 Å². The summed E-state index contributed by atoms with van der Waals surface area (Å²) in [6, 6.07) is 13.1. The van der Waals surface area contributed by atoms with Crippen LogP contribution in [0.2, 0.25) is 0 Å². The normalized spacial score (nSPS) is 14.0. The predicted octanol–water partition coefficient (Wildman–Crippen LogP) is 3.92. The number of amides is 1. The quantitative estimate of drug-likeness (QED) is 0.566. The molecule has 0 unspecified atom stereocenters. The first-order valence-corrected chi connectivity index (χ1v) is 10.4. The monoisotopic (exact) mass is 398 g/mol. The largest absolute Gasteiger partial charge is 0.463 e. The number of ether oxygens (including phenoxy) is 1. The van der Waals surface area contributed by atoms with Gasteiger partial charge in [0.25, 0.3) is 11.1 Å². The Kier molecular flexibility index (Phi) is 5.31. The number of benzene rings is 1. The zero-order valence-electron chi connectivity index (χ0n) is 14.5. The Morgan fingerprint density at radius 2 is 1.96 bits per heavy atom. The van der Waals surface area contributed by atoms with Gasteiger partial charge < -0.3 is 9.64 Å². The highest BCUT2D eigenvalue weighted by atomic mass is 32.1. The lowest BCUT2D eigenvalue weighted by Gasteiger charge is -2.38. The molecule has 1 aromatic carbocycles. The van der Waals surface area contributed by atoms with E-state index in [9.17, 15) is 9.59 Å². The van der Waals surface area contributed by atoms with Crippen LogP contribution in [0.1, 0.15) is 31.3 Å². The van der Waals surface area contributed by atoms with Gasteiger partial charge in [-0.25, -0.2) is 4.98 Å². The summed E-state index contributed by atoms with van der Waals surface area (Å²) in [5.74, 6) is 0.154. The average molecular weight is 399 g/mol. The first kappa shape index (κ1) is 17.9. The minimum absolute atomic E-state index is 0.0167. The Hall–Kier alpha value is -2.51. The third-order valence-corrected chi connectivity index (χ3v) is 6.17. The van der Waals surface area contributed by atoms with E-state index in [0.29, 0.717) is 36.0 Å². The first-order chi connectivity index (χ1) is 13.2. The van der Waals surface area contributed by atoms with Gasteiger partial charge in [0.2, 0.25) is 0 Å². The van der Waals surface area contributed by atoms with E-state index >= 15 is 0 Å². The minimum Gasteiger partial charge on any atom is -0.463 e. The maximum Gasteiger partial charge on any atom is 0.273 e. The molecule has 27 heavy (non-hydrogen) atoms. The van der Waals surface area contributed by atoms with Gasteiger partial charge in [0.15, 0.2) is 5.78 Å². The van der Waals surface area contributed by atoms with Crippen molar-refractivity contribution in [2.75, 3.05) is 13.1 Å². The summed E-state index contributed by atoms with van der Waals surface area (Å²) in [5, 5.41) is 2.51. The highest BCUT2D eigenvalue weighted by Gasteiger charge is 2.33. The molecular weight excluding hydrogens is 380 g/mol. The van der Waals surface area contributed by atoms with Crippen LogP contribution < -0.4 is 4.74 Å². The number of likely N-dealkylation sites (tertiary alicyclic amines) is 1. The molecule has 7 heteroatoms. The number of ketones is 1. The molecule has 0 saturated carbocycles. The van der Waals surface area contributed by atoms with Crippen LogP contribution in [0, 0.1) is 0 Å². The fourth-order valence-electron chi connectivity index (χ4n) is 2.88. The number of carbonyl (C=O) groups excluding carboxylic acids is 2. The van der Waals surface area contributed by atoms with Crippen LogP contribution in [0.5, 0.6) is 5.19 Å². The van der Waals surface area contributed by atoms with Gasteiger partial charge in [-0.3, -0.25) is 9.59 Å². The zero-order chi connectivity index (χ0) is 18.6. The molecule has 1 fully saturated rings. The molecule has 1 aliphatic rings. The molecule has 4 rings (SSSR count). The fourth-order valence-corrected chi connectivity index (χ4v) is 4.40. The summed E-state index contributed by atoms with van der Waals surface area (Å²) >= 11 is 2.92. The van der Waals surface area contributed by atoms with Gasteiger partial charge in [0.05, 0.1) is 18.0 Å². The number of Topliss-reactive ketones (excluding diaryl/α,β-unsaturated/α-hetero) is 1. The maximum atomic E-state index is 12.5. The zero-order valence-corrected chi connectivity index (χ0v) is 16.2. The molecule has 0 spiro atoms. The molecule has 2 aromatic heterocycles. The van der Waals surface area contributed by atoms with Crippen LogP contribution in [0.4, 0.5) is 0 Å².